The molecule has 2 heterocycles. The molecule has 11 heteroatoms. The van der Waals surface area contributed by atoms with Crippen molar-refractivity contribution in [2.24, 2.45) is 0 Å². The molecule has 5 nitrogen and oxygen atoms in total. The highest BCUT2D eigenvalue weighted by Gasteiger charge is 2.30. The molecule has 0 amide bonds. The van der Waals surface area contributed by atoms with Gasteiger partial charge in [0, 0.05) is 47.2 Å². The molecule has 1 aliphatic rings. The highest BCUT2D eigenvalue weighted by molar-refractivity contribution is 7.89. The Bertz CT molecular complexity index is 1180. The zero-order valence-corrected chi connectivity index (χ0v) is 19.3. The fourth-order valence-electron chi connectivity index (χ4n) is 3.14. The van der Waals surface area contributed by atoms with Crippen molar-refractivity contribution < 1.29 is 12.8 Å². The fraction of sp³-hybridized carbons (Fsp3) is 0.211. The Morgan fingerprint density at radius 2 is 1.63 bits per heavy atom. The van der Waals surface area contributed by atoms with E-state index in [0.29, 0.717) is 37.4 Å². The van der Waals surface area contributed by atoms with Crippen LogP contribution in [0.25, 0.3) is 11.3 Å². The molecule has 2 aromatic carbocycles. The van der Waals surface area contributed by atoms with Crippen molar-refractivity contribution in [1.82, 2.24) is 9.29 Å². The summed E-state index contributed by atoms with van der Waals surface area (Å²) in [5.74, 6) is -0.497. The third-order valence-electron chi connectivity index (χ3n) is 4.69. The minimum Gasteiger partial charge on any atom is -0.345 e. The molecule has 1 aliphatic heterocycles. The summed E-state index contributed by atoms with van der Waals surface area (Å²) in [7, 11) is -3.69. The summed E-state index contributed by atoms with van der Waals surface area (Å²) >= 11 is 19.1. The topological polar surface area (TPSA) is 53.5 Å². The molecule has 158 valence electrons. The molecule has 1 saturated heterocycles. The van der Waals surface area contributed by atoms with E-state index in [0.717, 1.165) is 5.13 Å². The van der Waals surface area contributed by atoms with Crippen LogP contribution in [0.3, 0.4) is 0 Å². The average molecular weight is 507 g/mol. The van der Waals surface area contributed by atoms with E-state index in [4.69, 9.17) is 34.8 Å². The van der Waals surface area contributed by atoms with Gasteiger partial charge in [-0.15, -0.1) is 11.3 Å². The fourth-order valence-corrected chi connectivity index (χ4v) is 6.30. The summed E-state index contributed by atoms with van der Waals surface area (Å²) in [5.41, 5.74) is 1.28. The van der Waals surface area contributed by atoms with Crippen molar-refractivity contribution in [3.63, 3.8) is 0 Å². The summed E-state index contributed by atoms with van der Waals surface area (Å²) in [6.45, 7) is 1.57. The SMILES string of the molecule is O=S(=O)(c1cc(Cl)cc(Cl)c1)N1CCN(c2nc(-c3ccc(Cl)c(F)c3)cs2)CC1. The quantitative estimate of drug-likeness (QED) is 0.474. The predicted molar refractivity (Wildman–Crippen MR) is 120 cm³/mol. The van der Waals surface area contributed by atoms with E-state index in [2.05, 4.69) is 4.98 Å². The number of nitrogens with zero attached hydrogens (tertiary/aromatic N) is 3. The largest absolute Gasteiger partial charge is 0.345 e. The number of aromatic nitrogens is 1. The van der Waals surface area contributed by atoms with Crippen LogP contribution in [-0.2, 0) is 10.0 Å². The van der Waals surface area contributed by atoms with Crippen LogP contribution in [0.15, 0.2) is 46.7 Å². The Labute approximate surface area is 192 Å². The van der Waals surface area contributed by atoms with E-state index in [-0.39, 0.29) is 20.0 Å². The lowest BCUT2D eigenvalue weighted by Crippen LogP contribution is -2.48. The first-order valence-corrected chi connectivity index (χ1v) is 12.3. The van der Waals surface area contributed by atoms with Crippen LogP contribution in [0.2, 0.25) is 15.1 Å². The lowest BCUT2D eigenvalue weighted by Gasteiger charge is -2.33. The minimum absolute atomic E-state index is 0.0625. The number of piperazine rings is 1. The van der Waals surface area contributed by atoms with E-state index in [9.17, 15) is 12.8 Å². The molecule has 4 rings (SSSR count). The monoisotopic (exact) mass is 505 g/mol. The first-order chi connectivity index (χ1) is 14.2. The van der Waals surface area contributed by atoms with Gasteiger partial charge in [0.05, 0.1) is 15.6 Å². The molecule has 0 atom stereocenters. The second-order valence-corrected chi connectivity index (χ2v) is 10.7. The summed E-state index contributed by atoms with van der Waals surface area (Å²) in [5, 5.41) is 3.20. The Hall–Kier alpha value is -1.42. The summed E-state index contributed by atoms with van der Waals surface area (Å²) in [4.78, 5) is 6.67. The molecule has 0 spiro atoms. The van der Waals surface area contributed by atoms with Crippen LogP contribution in [0.1, 0.15) is 0 Å². The number of thiazole rings is 1. The van der Waals surface area contributed by atoms with Gasteiger partial charge in [-0.3, -0.25) is 0 Å². The number of anilines is 1. The average Bonchev–Trinajstić information content (AvgIpc) is 3.20. The van der Waals surface area contributed by atoms with E-state index >= 15 is 0 Å². The second kappa shape index (κ2) is 8.61. The number of benzene rings is 2. The number of hydrogen-bond donors (Lipinski definition) is 0. The standard InChI is InChI=1S/C19H15Cl3FN3O2S2/c20-13-8-14(21)10-15(9-13)30(27,28)26-5-3-25(4-6-26)19-24-18(11-29-19)12-1-2-16(22)17(23)7-12/h1-2,7-11H,3-6H2. The van der Waals surface area contributed by atoms with Crippen molar-refractivity contribution in [2.45, 2.75) is 4.90 Å². The molecule has 1 fully saturated rings. The summed E-state index contributed by atoms with van der Waals surface area (Å²) in [6.07, 6.45) is 0. The van der Waals surface area contributed by atoms with Crippen LogP contribution < -0.4 is 4.90 Å². The zero-order valence-electron chi connectivity index (χ0n) is 15.4. The van der Waals surface area contributed by atoms with E-state index < -0.39 is 15.8 Å². The van der Waals surface area contributed by atoms with Crippen molar-refractivity contribution in [3.8, 4) is 11.3 Å². The number of halogens is 4. The Balaban J connectivity index is 1.47. The maximum atomic E-state index is 13.7. The normalized spacial score (nSPS) is 15.5. The van der Waals surface area contributed by atoms with Gasteiger partial charge in [-0.2, -0.15) is 4.31 Å². The summed E-state index contributed by atoms with van der Waals surface area (Å²) in [6, 6.07) is 8.84. The maximum absolute atomic E-state index is 13.7. The van der Waals surface area contributed by atoms with Crippen LogP contribution in [0, 0.1) is 5.82 Å². The van der Waals surface area contributed by atoms with Crippen LogP contribution in [0.5, 0.6) is 0 Å². The number of sulfonamides is 1. The van der Waals surface area contributed by atoms with Gasteiger partial charge in [-0.1, -0.05) is 40.9 Å². The molecule has 0 unspecified atom stereocenters. The lowest BCUT2D eigenvalue weighted by atomic mass is 10.2. The van der Waals surface area contributed by atoms with Crippen LogP contribution in [0.4, 0.5) is 9.52 Å². The number of rotatable bonds is 4. The molecule has 0 bridgehead atoms. The third-order valence-corrected chi connectivity index (χ3v) is 8.21. The first-order valence-electron chi connectivity index (χ1n) is 8.86. The van der Waals surface area contributed by atoms with E-state index in [1.54, 1.807) is 6.07 Å². The lowest BCUT2D eigenvalue weighted by molar-refractivity contribution is 0.385. The molecule has 3 aromatic rings. The third kappa shape index (κ3) is 4.44. The zero-order chi connectivity index (χ0) is 21.5. The molecular formula is C19H15Cl3FN3O2S2. The molecule has 0 aliphatic carbocycles. The van der Waals surface area contributed by atoms with Gasteiger partial charge >= 0.3 is 0 Å². The highest BCUT2D eigenvalue weighted by Crippen LogP contribution is 2.31. The van der Waals surface area contributed by atoms with Gasteiger partial charge in [0.25, 0.3) is 0 Å². The van der Waals surface area contributed by atoms with Crippen molar-refractivity contribution in [2.75, 3.05) is 31.1 Å². The van der Waals surface area contributed by atoms with Crippen molar-refractivity contribution in [3.05, 3.63) is 62.7 Å². The number of hydrogen-bond acceptors (Lipinski definition) is 5. The smallest absolute Gasteiger partial charge is 0.243 e. The van der Waals surface area contributed by atoms with Crippen molar-refractivity contribution in [1.29, 1.82) is 0 Å². The van der Waals surface area contributed by atoms with E-state index in [1.807, 2.05) is 10.3 Å². The summed E-state index contributed by atoms with van der Waals surface area (Å²) < 4.78 is 41.0. The maximum Gasteiger partial charge on any atom is 0.243 e. The second-order valence-electron chi connectivity index (χ2n) is 6.64. The van der Waals surface area contributed by atoms with Gasteiger partial charge in [0.15, 0.2) is 5.13 Å². The highest BCUT2D eigenvalue weighted by atomic mass is 35.5. The predicted octanol–water partition coefficient (Wildman–Crippen LogP) is 5.42. The molecule has 0 saturated carbocycles. The van der Waals surface area contributed by atoms with E-state index in [1.165, 1.54) is 46.0 Å². The minimum atomic E-state index is -3.69. The molecule has 30 heavy (non-hydrogen) atoms. The molecule has 1 aromatic heterocycles. The first kappa shape index (κ1) is 21.8. The van der Waals surface area contributed by atoms with Gasteiger partial charge < -0.3 is 4.90 Å². The Morgan fingerprint density at radius 3 is 2.27 bits per heavy atom. The van der Waals surface area contributed by atoms with Crippen molar-refractivity contribution >= 4 is 61.3 Å². The Morgan fingerprint density at radius 1 is 0.967 bits per heavy atom. The molecular weight excluding hydrogens is 492 g/mol. The van der Waals surface area contributed by atoms with Gasteiger partial charge in [-0.05, 0) is 30.3 Å². The molecule has 0 radical (unpaired) electrons. The van der Waals surface area contributed by atoms with Gasteiger partial charge in [0.2, 0.25) is 10.0 Å². The Kier molecular flexibility index (Phi) is 6.25. The van der Waals surface area contributed by atoms with Gasteiger partial charge in [-0.25, -0.2) is 17.8 Å². The van der Waals surface area contributed by atoms with Crippen LogP contribution in [-0.4, -0.2) is 43.9 Å². The molecule has 0 N–H and O–H groups in total. The van der Waals surface area contributed by atoms with Gasteiger partial charge in [0.1, 0.15) is 5.82 Å². The van der Waals surface area contributed by atoms with Crippen LogP contribution >= 0.6 is 46.1 Å².